The molecule has 0 aliphatic heterocycles. The van der Waals surface area contributed by atoms with Gasteiger partial charge >= 0.3 is 0 Å². The highest BCUT2D eigenvalue weighted by molar-refractivity contribution is 5.92. The minimum Gasteiger partial charge on any atom is -0.300 e. The van der Waals surface area contributed by atoms with Crippen LogP contribution in [-0.2, 0) is 9.59 Å². The number of rotatable bonds is 1. The van der Waals surface area contributed by atoms with Crippen molar-refractivity contribution in [3.8, 4) is 0 Å². The Bertz CT molecular complexity index is 628. The number of hydrogen-bond acceptors (Lipinski definition) is 2. The molecule has 0 bridgehead atoms. The summed E-state index contributed by atoms with van der Waals surface area (Å²) in [6.45, 7) is 6.54. The van der Waals surface area contributed by atoms with Crippen LogP contribution in [-0.4, -0.2) is 11.6 Å². The predicted octanol–water partition coefficient (Wildman–Crippen LogP) is 4.50. The topological polar surface area (TPSA) is 34.1 Å². The molecule has 4 aliphatic carbocycles. The van der Waals surface area contributed by atoms with Crippen LogP contribution in [0.4, 0.5) is 0 Å². The molecule has 4 rings (SSSR count). The smallest absolute Gasteiger partial charge is 0.156 e. The Morgan fingerprint density at radius 1 is 1.13 bits per heavy atom. The monoisotopic (exact) mass is 312 g/mol. The van der Waals surface area contributed by atoms with Gasteiger partial charge in [0.05, 0.1) is 0 Å². The lowest BCUT2D eigenvalue weighted by Crippen LogP contribution is -2.49. The molecule has 23 heavy (non-hydrogen) atoms. The lowest BCUT2D eigenvalue weighted by atomic mass is 9.48. The third-order valence-electron chi connectivity index (χ3n) is 8.01. The fourth-order valence-electron chi connectivity index (χ4n) is 6.66. The summed E-state index contributed by atoms with van der Waals surface area (Å²) in [6, 6.07) is 0. The van der Waals surface area contributed by atoms with Crippen LogP contribution in [0, 0.1) is 34.5 Å². The van der Waals surface area contributed by atoms with Crippen molar-refractivity contribution in [1.82, 2.24) is 0 Å². The molecule has 0 spiro atoms. The van der Waals surface area contributed by atoms with E-state index in [4.69, 9.17) is 0 Å². The molecule has 2 fully saturated rings. The molecule has 0 unspecified atom stereocenters. The quantitative estimate of drug-likeness (QED) is 0.714. The van der Waals surface area contributed by atoms with Crippen LogP contribution in [0.2, 0.25) is 0 Å². The molecule has 2 saturated carbocycles. The highest BCUT2D eigenvalue weighted by Crippen LogP contribution is 2.65. The van der Waals surface area contributed by atoms with Gasteiger partial charge in [0.25, 0.3) is 0 Å². The Morgan fingerprint density at radius 2 is 1.91 bits per heavy atom. The van der Waals surface area contributed by atoms with Gasteiger partial charge in [0.2, 0.25) is 0 Å². The first kappa shape index (κ1) is 15.4. The third kappa shape index (κ3) is 1.99. The third-order valence-corrected chi connectivity index (χ3v) is 8.01. The van der Waals surface area contributed by atoms with Crippen LogP contribution >= 0.6 is 0 Å². The van der Waals surface area contributed by atoms with Crippen molar-refractivity contribution in [2.75, 3.05) is 0 Å². The van der Waals surface area contributed by atoms with Crippen LogP contribution in [0.3, 0.4) is 0 Å². The molecular weight excluding hydrogens is 284 g/mol. The largest absolute Gasteiger partial charge is 0.300 e. The fraction of sp³-hybridized carbons (Fsp3) is 0.714. The highest BCUT2D eigenvalue weighted by atomic mass is 16.1. The van der Waals surface area contributed by atoms with Gasteiger partial charge in [-0.3, -0.25) is 9.59 Å². The molecule has 2 nitrogen and oxygen atoms in total. The van der Waals surface area contributed by atoms with Gasteiger partial charge in [0.15, 0.2) is 5.78 Å². The van der Waals surface area contributed by atoms with Gasteiger partial charge in [0, 0.05) is 12.3 Å². The zero-order chi connectivity index (χ0) is 16.4. The van der Waals surface area contributed by atoms with E-state index < -0.39 is 0 Å². The standard InChI is InChI=1S/C21H28O2/c1-13(22)17-6-7-18-16-5-4-14-12-15(23)8-10-20(14,2)19(16)9-11-21(17,18)3/h4-5,12,16-19H,6-11H2,1-3H3/t16-,17+,18-,19+,20+,21-/m1/s1. The van der Waals surface area contributed by atoms with E-state index in [1.165, 1.54) is 24.8 Å². The van der Waals surface area contributed by atoms with Gasteiger partial charge in [-0.1, -0.05) is 26.0 Å². The first-order valence-electron chi connectivity index (χ1n) is 9.30. The number of hydrogen-bond donors (Lipinski definition) is 0. The number of fused-ring (bicyclic) bond motifs is 5. The summed E-state index contributed by atoms with van der Waals surface area (Å²) in [6.07, 6.45) is 12.9. The molecule has 0 saturated heterocycles. The summed E-state index contributed by atoms with van der Waals surface area (Å²) < 4.78 is 0. The van der Waals surface area contributed by atoms with Gasteiger partial charge in [0.1, 0.15) is 5.78 Å². The number of Topliss-reactive ketones (excluding diaryl/α,β-unsaturated/α-hetero) is 1. The lowest BCUT2D eigenvalue weighted by molar-refractivity contribution is -0.127. The minimum absolute atomic E-state index is 0.170. The molecule has 0 radical (unpaired) electrons. The normalized spacial score (nSPS) is 48.3. The first-order chi connectivity index (χ1) is 10.9. The second kappa shape index (κ2) is 4.91. The predicted molar refractivity (Wildman–Crippen MR) is 90.8 cm³/mol. The van der Waals surface area contributed by atoms with Crippen molar-refractivity contribution in [2.24, 2.45) is 34.5 Å². The van der Waals surface area contributed by atoms with Gasteiger partial charge in [-0.2, -0.15) is 0 Å². The van der Waals surface area contributed by atoms with Crippen LogP contribution in [0.15, 0.2) is 23.8 Å². The maximum Gasteiger partial charge on any atom is 0.156 e. The van der Waals surface area contributed by atoms with Crippen LogP contribution < -0.4 is 0 Å². The Kier molecular flexibility index (Phi) is 3.28. The lowest BCUT2D eigenvalue weighted by Gasteiger charge is -2.55. The number of carbonyl (C=O) groups is 2. The molecule has 0 amide bonds. The molecule has 124 valence electrons. The fourth-order valence-corrected chi connectivity index (χ4v) is 6.66. The molecule has 0 aromatic heterocycles. The summed E-state index contributed by atoms with van der Waals surface area (Å²) in [4.78, 5) is 24.0. The Labute approximate surface area is 139 Å². The molecule has 2 heteroatoms. The van der Waals surface area contributed by atoms with Gasteiger partial charge in [-0.25, -0.2) is 0 Å². The van der Waals surface area contributed by atoms with Crippen LogP contribution in [0.1, 0.15) is 59.3 Å². The van der Waals surface area contributed by atoms with Gasteiger partial charge in [-0.05, 0) is 79.3 Å². The van der Waals surface area contributed by atoms with E-state index in [1.807, 2.05) is 6.08 Å². The SMILES string of the molecule is CC(=O)[C@@H]1CC[C@@H]2[C@H]3C=CC4=CC(=O)CC[C@]4(C)[C@H]3CC[C@@]21C. The summed E-state index contributed by atoms with van der Waals surface area (Å²) >= 11 is 0. The van der Waals surface area contributed by atoms with Gasteiger partial charge in [-0.15, -0.1) is 0 Å². The Morgan fingerprint density at radius 3 is 2.65 bits per heavy atom. The van der Waals surface area contributed by atoms with Crippen molar-refractivity contribution >= 4 is 11.6 Å². The van der Waals surface area contributed by atoms with E-state index in [2.05, 4.69) is 26.0 Å². The zero-order valence-electron chi connectivity index (χ0n) is 14.6. The summed E-state index contributed by atoms with van der Waals surface area (Å²) in [7, 11) is 0. The average Bonchev–Trinajstić information content (AvgIpc) is 2.85. The number of carbonyl (C=O) groups excluding carboxylic acids is 2. The van der Waals surface area contributed by atoms with Crippen molar-refractivity contribution in [2.45, 2.75) is 59.3 Å². The maximum absolute atomic E-state index is 12.1. The second-order valence-electron chi connectivity index (χ2n) is 8.92. The summed E-state index contributed by atoms with van der Waals surface area (Å²) in [5.41, 5.74) is 1.63. The van der Waals surface area contributed by atoms with E-state index in [-0.39, 0.29) is 16.7 Å². The van der Waals surface area contributed by atoms with E-state index >= 15 is 0 Å². The Balaban J connectivity index is 1.72. The molecule has 0 N–H and O–H groups in total. The van der Waals surface area contributed by atoms with Crippen molar-refractivity contribution in [3.63, 3.8) is 0 Å². The maximum atomic E-state index is 12.1. The minimum atomic E-state index is 0.170. The average molecular weight is 312 g/mol. The molecule has 0 aromatic carbocycles. The molecular formula is C21H28O2. The molecule has 6 atom stereocenters. The van der Waals surface area contributed by atoms with Crippen molar-refractivity contribution < 1.29 is 9.59 Å². The van der Waals surface area contributed by atoms with Crippen LogP contribution in [0.25, 0.3) is 0 Å². The van der Waals surface area contributed by atoms with E-state index in [1.54, 1.807) is 6.92 Å². The van der Waals surface area contributed by atoms with Crippen LogP contribution in [0.5, 0.6) is 0 Å². The second-order valence-corrected chi connectivity index (χ2v) is 8.92. The zero-order valence-corrected chi connectivity index (χ0v) is 14.6. The van der Waals surface area contributed by atoms with E-state index in [0.29, 0.717) is 35.7 Å². The van der Waals surface area contributed by atoms with E-state index in [0.717, 1.165) is 12.8 Å². The summed E-state index contributed by atoms with van der Waals surface area (Å²) in [5, 5.41) is 0. The number of ketones is 2. The summed E-state index contributed by atoms with van der Waals surface area (Å²) in [5.74, 6) is 2.83. The highest BCUT2D eigenvalue weighted by Gasteiger charge is 2.58. The first-order valence-corrected chi connectivity index (χ1v) is 9.30. The van der Waals surface area contributed by atoms with Crippen molar-refractivity contribution in [1.29, 1.82) is 0 Å². The molecule has 0 heterocycles. The van der Waals surface area contributed by atoms with Crippen molar-refractivity contribution in [3.05, 3.63) is 23.8 Å². The Hall–Kier alpha value is -1.18. The van der Waals surface area contributed by atoms with Gasteiger partial charge < -0.3 is 0 Å². The number of allylic oxidation sites excluding steroid dienone is 4. The van der Waals surface area contributed by atoms with E-state index in [9.17, 15) is 9.59 Å². The molecule has 0 aromatic rings. The molecule has 4 aliphatic rings.